The first-order valence-electron chi connectivity index (χ1n) is 10.6. The summed E-state index contributed by atoms with van der Waals surface area (Å²) in [7, 11) is 0. The smallest absolute Gasteiger partial charge is 0.316 e. The monoisotopic (exact) mass is 435 g/mol. The van der Waals surface area contributed by atoms with Crippen molar-refractivity contribution in [3.63, 3.8) is 0 Å². The molecule has 1 N–H and O–H groups in total. The van der Waals surface area contributed by atoms with E-state index in [0.29, 0.717) is 29.1 Å². The number of hydrogen-bond acceptors (Lipinski definition) is 4. The van der Waals surface area contributed by atoms with Gasteiger partial charge >= 0.3 is 5.97 Å². The number of carbonyl (C=O) groups excluding carboxylic acids is 2. The van der Waals surface area contributed by atoms with Crippen LogP contribution in [0.4, 0.5) is 0 Å². The summed E-state index contributed by atoms with van der Waals surface area (Å²) in [5.41, 5.74) is 4.07. The molecule has 31 heavy (non-hydrogen) atoms. The van der Waals surface area contributed by atoms with Crippen molar-refractivity contribution in [2.24, 2.45) is 5.92 Å². The molecule has 3 atom stereocenters. The molecule has 4 nitrogen and oxygen atoms in total. The summed E-state index contributed by atoms with van der Waals surface area (Å²) >= 11 is 6.10. The zero-order valence-corrected chi connectivity index (χ0v) is 18.5. The van der Waals surface area contributed by atoms with Gasteiger partial charge in [-0.2, -0.15) is 0 Å². The Labute approximate surface area is 187 Å². The number of esters is 1. The Hall–Kier alpha value is -2.85. The molecule has 5 heteroatoms. The molecule has 0 amide bonds. The molecule has 0 radical (unpaired) electrons. The Morgan fingerprint density at radius 1 is 1.06 bits per heavy atom. The highest BCUT2D eigenvalue weighted by atomic mass is 35.5. The minimum Gasteiger partial charge on any atom is -0.462 e. The summed E-state index contributed by atoms with van der Waals surface area (Å²) in [4.78, 5) is 26.5. The lowest BCUT2D eigenvalue weighted by Gasteiger charge is -2.40. The van der Waals surface area contributed by atoms with E-state index >= 15 is 0 Å². The van der Waals surface area contributed by atoms with Crippen LogP contribution in [-0.4, -0.2) is 17.9 Å². The quantitative estimate of drug-likeness (QED) is 0.643. The molecule has 2 aromatic carbocycles. The molecular formula is C26H26ClNO3. The standard InChI is InChI=1S/C26H26ClNO3/c1-15(2)31-26(30)23-16(3)28-21-13-19(17-7-5-4-6-8-17)14-22(29)25(21)24(23)18-9-11-20(27)12-10-18/h4-12,15,19,23-24,28H,3,13-14H2,1-2H3. The van der Waals surface area contributed by atoms with Crippen LogP contribution < -0.4 is 5.32 Å². The van der Waals surface area contributed by atoms with E-state index in [0.717, 1.165) is 16.8 Å². The average Bonchev–Trinajstić information content (AvgIpc) is 2.73. The van der Waals surface area contributed by atoms with Gasteiger partial charge in [-0.3, -0.25) is 9.59 Å². The first kappa shape index (κ1) is 21.4. The predicted octanol–water partition coefficient (Wildman–Crippen LogP) is 5.51. The lowest BCUT2D eigenvalue weighted by atomic mass is 9.69. The number of ketones is 1. The van der Waals surface area contributed by atoms with Crippen LogP contribution in [0.15, 0.2) is 78.1 Å². The van der Waals surface area contributed by atoms with Crippen LogP contribution in [-0.2, 0) is 14.3 Å². The minimum atomic E-state index is -0.681. The molecule has 0 spiro atoms. The van der Waals surface area contributed by atoms with Crippen LogP contribution in [0, 0.1) is 5.92 Å². The zero-order valence-electron chi connectivity index (χ0n) is 17.7. The molecular weight excluding hydrogens is 410 g/mol. The van der Waals surface area contributed by atoms with Crippen molar-refractivity contribution < 1.29 is 14.3 Å². The number of benzene rings is 2. The van der Waals surface area contributed by atoms with Gasteiger partial charge in [0.25, 0.3) is 0 Å². The molecule has 0 saturated heterocycles. The molecule has 3 unspecified atom stereocenters. The van der Waals surface area contributed by atoms with Crippen LogP contribution in [0.25, 0.3) is 0 Å². The normalized spacial score (nSPS) is 23.4. The van der Waals surface area contributed by atoms with Gasteiger partial charge in [-0.25, -0.2) is 0 Å². The highest BCUT2D eigenvalue weighted by Crippen LogP contribution is 2.47. The first-order chi connectivity index (χ1) is 14.8. The Morgan fingerprint density at radius 3 is 2.39 bits per heavy atom. The molecule has 0 fully saturated rings. The van der Waals surface area contributed by atoms with E-state index in [1.165, 1.54) is 0 Å². The summed E-state index contributed by atoms with van der Waals surface area (Å²) in [6, 6.07) is 17.4. The molecule has 1 heterocycles. The second-order valence-electron chi connectivity index (χ2n) is 8.47. The number of nitrogens with one attached hydrogen (secondary N) is 1. The van der Waals surface area contributed by atoms with E-state index in [4.69, 9.17) is 16.3 Å². The van der Waals surface area contributed by atoms with Crippen LogP contribution in [0.3, 0.4) is 0 Å². The van der Waals surface area contributed by atoms with E-state index in [1.54, 1.807) is 12.1 Å². The second-order valence-corrected chi connectivity index (χ2v) is 8.91. The van der Waals surface area contributed by atoms with Gasteiger partial charge in [0.2, 0.25) is 0 Å². The number of ether oxygens (including phenoxy) is 1. The van der Waals surface area contributed by atoms with Crippen LogP contribution in [0.5, 0.6) is 0 Å². The van der Waals surface area contributed by atoms with Gasteiger partial charge < -0.3 is 10.1 Å². The van der Waals surface area contributed by atoms with Crippen molar-refractivity contribution in [3.05, 3.63) is 94.3 Å². The summed E-state index contributed by atoms with van der Waals surface area (Å²) in [5.74, 6) is -1.36. The van der Waals surface area contributed by atoms with Crippen molar-refractivity contribution in [3.8, 4) is 0 Å². The molecule has 4 rings (SSSR count). The SMILES string of the molecule is C=C1NC2=C(C(=O)CC(c3ccccc3)C2)C(c2ccc(Cl)cc2)C1C(=O)OC(C)C. The number of rotatable bonds is 4. The molecule has 160 valence electrons. The number of carbonyl (C=O) groups is 2. The third-order valence-electron chi connectivity index (χ3n) is 5.94. The predicted molar refractivity (Wildman–Crippen MR) is 122 cm³/mol. The maximum Gasteiger partial charge on any atom is 0.316 e. The Morgan fingerprint density at radius 2 is 1.74 bits per heavy atom. The van der Waals surface area contributed by atoms with Crippen molar-refractivity contribution in [1.29, 1.82) is 0 Å². The maximum atomic E-state index is 13.5. The Balaban J connectivity index is 1.79. The van der Waals surface area contributed by atoms with Crippen molar-refractivity contribution in [1.82, 2.24) is 5.32 Å². The van der Waals surface area contributed by atoms with E-state index in [1.807, 2.05) is 44.2 Å². The number of hydrogen-bond donors (Lipinski definition) is 1. The Kier molecular flexibility index (Phi) is 6.01. The fourth-order valence-corrected chi connectivity index (χ4v) is 4.75. The minimum absolute atomic E-state index is 0.0531. The molecule has 1 aliphatic carbocycles. The maximum absolute atomic E-state index is 13.5. The largest absolute Gasteiger partial charge is 0.462 e. The van der Waals surface area contributed by atoms with Gasteiger partial charge in [-0.05, 0) is 49.4 Å². The fraction of sp³-hybridized carbons (Fsp3) is 0.308. The fourth-order valence-electron chi connectivity index (χ4n) is 4.62. The number of halogens is 1. The third kappa shape index (κ3) is 4.31. The van der Waals surface area contributed by atoms with E-state index < -0.39 is 11.8 Å². The summed E-state index contributed by atoms with van der Waals surface area (Å²) in [5, 5.41) is 3.90. The molecule has 0 saturated carbocycles. The molecule has 2 aliphatic rings. The van der Waals surface area contributed by atoms with Gasteiger partial charge in [0.05, 0.1) is 6.10 Å². The molecule has 0 bridgehead atoms. The highest BCUT2D eigenvalue weighted by Gasteiger charge is 2.45. The van der Waals surface area contributed by atoms with Gasteiger partial charge in [0, 0.05) is 34.3 Å². The van der Waals surface area contributed by atoms with E-state index in [9.17, 15) is 9.59 Å². The van der Waals surface area contributed by atoms with Gasteiger partial charge in [0.15, 0.2) is 5.78 Å². The van der Waals surface area contributed by atoms with Gasteiger partial charge in [-0.1, -0.05) is 60.6 Å². The Bertz CT molecular complexity index is 1040. The second kappa shape index (κ2) is 8.72. The summed E-state index contributed by atoms with van der Waals surface area (Å²) in [6.45, 7) is 7.78. The lowest BCUT2D eigenvalue weighted by Crippen LogP contribution is -2.42. The number of allylic oxidation sites excluding steroid dienone is 2. The zero-order chi connectivity index (χ0) is 22.1. The third-order valence-corrected chi connectivity index (χ3v) is 6.20. The number of Topliss-reactive ketones (excluding diaryl/α,β-unsaturated/α-hetero) is 1. The van der Waals surface area contributed by atoms with E-state index in [2.05, 4.69) is 24.0 Å². The first-order valence-corrected chi connectivity index (χ1v) is 11.0. The molecule has 1 aliphatic heterocycles. The summed E-state index contributed by atoms with van der Waals surface area (Å²) < 4.78 is 5.54. The molecule has 0 aromatic heterocycles. The van der Waals surface area contributed by atoms with Crippen molar-refractivity contribution >= 4 is 23.4 Å². The van der Waals surface area contributed by atoms with E-state index in [-0.39, 0.29) is 23.8 Å². The van der Waals surface area contributed by atoms with Crippen LogP contribution in [0.2, 0.25) is 5.02 Å². The summed E-state index contributed by atoms with van der Waals surface area (Å²) in [6.07, 6.45) is 0.846. The highest BCUT2D eigenvalue weighted by molar-refractivity contribution is 6.30. The van der Waals surface area contributed by atoms with Crippen LogP contribution in [0.1, 0.15) is 49.7 Å². The van der Waals surface area contributed by atoms with Crippen molar-refractivity contribution in [2.75, 3.05) is 0 Å². The van der Waals surface area contributed by atoms with Crippen LogP contribution >= 0.6 is 11.6 Å². The van der Waals surface area contributed by atoms with Gasteiger partial charge in [-0.15, -0.1) is 0 Å². The molecule has 2 aromatic rings. The van der Waals surface area contributed by atoms with Gasteiger partial charge in [0.1, 0.15) is 5.92 Å². The van der Waals surface area contributed by atoms with Crippen molar-refractivity contribution in [2.45, 2.75) is 44.6 Å². The topological polar surface area (TPSA) is 55.4 Å². The average molecular weight is 436 g/mol. The lowest BCUT2D eigenvalue weighted by molar-refractivity contribution is -0.151.